The third kappa shape index (κ3) is 7.15. The second kappa shape index (κ2) is 10.5. The molecule has 0 aliphatic rings. The second-order valence-electron chi connectivity index (χ2n) is 5.86. The second-order valence-corrected chi connectivity index (χ2v) is 6.30. The van der Waals surface area contributed by atoms with Crippen molar-refractivity contribution in [2.45, 2.75) is 32.6 Å². The third-order valence-electron chi connectivity index (χ3n) is 3.62. The number of rotatable bonds is 8. The van der Waals surface area contributed by atoms with E-state index in [0.29, 0.717) is 35.8 Å². The molecule has 0 atom stereocenters. The lowest BCUT2D eigenvalue weighted by Gasteiger charge is -2.09. The summed E-state index contributed by atoms with van der Waals surface area (Å²) in [6, 6.07) is 14.1. The molecular weight excluding hydrogens is 352 g/mol. The van der Waals surface area contributed by atoms with Gasteiger partial charge in [-0.3, -0.25) is 4.79 Å². The van der Waals surface area contributed by atoms with Crippen molar-refractivity contribution in [3.05, 3.63) is 59.1 Å². The minimum Gasteiger partial charge on any atom is -0.426 e. The minimum absolute atomic E-state index is 0.279. The Labute approximate surface area is 158 Å². The molecule has 0 saturated carbocycles. The van der Waals surface area contributed by atoms with Crippen LogP contribution in [0.3, 0.4) is 0 Å². The SMILES string of the molecule is CCCNC(=O)Nc1cccc(OC(=O)CCCc2ccc(Cl)cc2)c1. The molecule has 2 aromatic rings. The fraction of sp³-hybridized carbons (Fsp3) is 0.300. The first kappa shape index (κ1) is 19.8. The molecule has 0 bridgehead atoms. The molecule has 0 unspecified atom stereocenters. The standard InChI is InChI=1S/C20H23ClN2O3/c1-2-13-22-20(25)23-17-6-4-7-18(14-17)26-19(24)8-3-5-15-9-11-16(21)12-10-15/h4,6-7,9-12,14H,2-3,5,8,13H2,1H3,(H2,22,23,25). The average Bonchev–Trinajstić information content (AvgIpc) is 2.62. The molecule has 2 amide bonds. The lowest BCUT2D eigenvalue weighted by Crippen LogP contribution is -2.29. The van der Waals surface area contributed by atoms with Crippen LogP contribution in [0, 0.1) is 0 Å². The molecular formula is C20H23ClN2O3. The number of nitrogens with one attached hydrogen (secondary N) is 2. The number of aryl methyl sites for hydroxylation is 1. The summed E-state index contributed by atoms with van der Waals surface area (Å²) in [6.07, 6.45) is 2.65. The van der Waals surface area contributed by atoms with Crippen LogP contribution >= 0.6 is 11.6 Å². The van der Waals surface area contributed by atoms with Crippen molar-refractivity contribution in [3.8, 4) is 5.75 Å². The van der Waals surface area contributed by atoms with Gasteiger partial charge in [-0.15, -0.1) is 0 Å². The van der Waals surface area contributed by atoms with Gasteiger partial charge in [-0.1, -0.05) is 36.7 Å². The molecule has 0 heterocycles. The van der Waals surface area contributed by atoms with Crippen molar-refractivity contribution in [1.82, 2.24) is 5.32 Å². The van der Waals surface area contributed by atoms with E-state index in [9.17, 15) is 9.59 Å². The summed E-state index contributed by atoms with van der Waals surface area (Å²) < 4.78 is 5.34. The van der Waals surface area contributed by atoms with Crippen LogP contribution in [0.25, 0.3) is 0 Å². The quantitative estimate of drug-likeness (QED) is 0.515. The number of carbonyl (C=O) groups is 2. The molecule has 2 N–H and O–H groups in total. The summed E-state index contributed by atoms with van der Waals surface area (Å²) in [4.78, 5) is 23.7. The predicted molar refractivity (Wildman–Crippen MR) is 104 cm³/mol. The van der Waals surface area contributed by atoms with Crippen molar-refractivity contribution in [2.75, 3.05) is 11.9 Å². The summed E-state index contributed by atoms with van der Waals surface area (Å²) in [5.41, 5.74) is 1.71. The molecule has 2 rings (SSSR count). The molecule has 0 radical (unpaired) electrons. The molecule has 5 nitrogen and oxygen atoms in total. The van der Waals surface area contributed by atoms with Crippen molar-refractivity contribution < 1.29 is 14.3 Å². The van der Waals surface area contributed by atoms with Gasteiger partial charge in [0.2, 0.25) is 0 Å². The minimum atomic E-state index is -0.299. The number of hydrogen-bond acceptors (Lipinski definition) is 3. The number of urea groups is 1. The molecule has 6 heteroatoms. The Balaban J connectivity index is 1.78. The summed E-state index contributed by atoms with van der Waals surface area (Å²) in [6.45, 7) is 2.58. The molecule has 2 aromatic carbocycles. The van der Waals surface area contributed by atoms with Crippen LogP contribution in [0.1, 0.15) is 31.7 Å². The van der Waals surface area contributed by atoms with Gasteiger partial charge in [0.05, 0.1) is 0 Å². The lowest BCUT2D eigenvalue weighted by atomic mass is 10.1. The number of halogens is 1. The Morgan fingerprint density at radius 1 is 1.12 bits per heavy atom. The lowest BCUT2D eigenvalue weighted by molar-refractivity contribution is -0.134. The van der Waals surface area contributed by atoms with E-state index >= 15 is 0 Å². The van der Waals surface area contributed by atoms with E-state index in [1.807, 2.05) is 31.2 Å². The number of esters is 1. The van der Waals surface area contributed by atoms with Crippen molar-refractivity contribution in [3.63, 3.8) is 0 Å². The highest BCUT2D eigenvalue weighted by atomic mass is 35.5. The van der Waals surface area contributed by atoms with Gasteiger partial charge in [0.1, 0.15) is 5.75 Å². The fourth-order valence-corrected chi connectivity index (χ4v) is 2.45. The highest BCUT2D eigenvalue weighted by molar-refractivity contribution is 6.30. The van der Waals surface area contributed by atoms with Crippen molar-refractivity contribution >= 4 is 29.3 Å². The van der Waals surface area contributed by atoms with Gasteiger partial charge in [0.15, 0.2) is 0 Å². The fourth-order valence-electron chi connectivity index (χ4n) is 2.32. The largest absolute Gasteiger partial charge is 0.426 e. The smallest absolute Gasteiger partial charge is 0.319 e. The van der Waals surface area contributed by atoms with Crippen LogP contribution in [0.5, 0.6) is 5.75 Å². The Morgan fingerprint density at radius 3 is 2.62 bits per heavy atom. The number of amides is 2. The third-order valence-corrected chi connectivity index (χ3v) is 3.87. The summed E-state index contributed by atoms with van der Waals surface area (Å²) in [5, 5.41) is 6.13. The Morgan fingerprint density at radius 2 is 1.88 bits per heavy atom. The van der Waals surface area contributed by atoms with E-state index < -0.39 is 0 Å². The number of ether oxygens (including phenoxy) is 1. The van der Waals surface area contributed by atoms with Crippen LogP contribution in [0.4, 0.5) is 10.5 Å². The first-order valence-electron chi connectivity index (χ1n) is 8.67. The molecule has 0 aliphatic heterocycles. The molecule has 0 spiro atoms. The maximum atomic E-state index is 12.0. The zero-order valence-corrected chi connectivity index (χ0v) is 15.5. The van der Waals surface area contributed by atoms with Crippen LogP contribution in [-0.2, 0) is 11.2 Å². The van der Waals surface area contributed by atoms with Crippen LogP contribution in [0.2, 0.25) is 5.02 Å². The predicted octanol–water partition coefficient (Wildman–Crippen LogP) is 4.80. The van der Waals surface area contributed by atoms with Gasteiger partial charge >= 0.3 is 12.0 Å². The summed E-state index contributed by atoms with van der Waals surface area (Å²) >= 11 is 5.85. The van der Waals surface area contributed by atoms with E-state index in [1.54, 1.807) is 24.3 Å². The number of anilines is 1. The number of benzene rings is 2. The monoisotopic (exact) mass is 374 g/mol. The Kier molecular flexibility index (Phi) is 7.96. The first-order chi connectivity index (χ1) is 12.6. The Bertz CT molecular complexity index is 732. The maximum absolute atomic E-state index is 12.0. The topological polar surface area (TPSA) is 67.4 Å². The molecule has 0 aromatic heterocycles. The van der Waals surface area contributed by atoms with Crippen molar-refractivity contribution in [1.29, 1.82) is 0 Å². The van der Waals surface area contributed by atoms with Crippen LogP contribution < -0.4 is 15.4 Å². The van der Waals surface area contributed by atoms with Gasteiger partial charge in [-0.05, 0) is 49.1 Å². The summed E-state index contributed by atoms with van der Waals surface area (Å²) in [5.74, 6) is 0.112. The molecule has 26 heavy (non-hydrogen) atoms. The van der Waals surface area contributed by atoms with Gasteiger partial charge in [0.25, 0.3) is 0 Å². The zero-order chi connectivity index (χ0) is 18.8. The number of carbonyl (C=O) groups excluding carboxylic acids is 2. The van der Waals surface area contributed by atoms with E-state index in [1.165, 1.54) is 0 Å². The highest BCUT2D eigenvalue weighted by Gasteiger charge is 2.07. The van der Waals surface area contributed by atoms with E-state index in [2.05, 4.69) is 10.6 Å². The molecule has 0 fully saturated rings. The van der Waals surface area contributed by atoms with Crippen molar-refractivity contribution in [2.24, 2.45) is 0 Å². The molecule has 0 saturated heterocycles. The van der Waals surface area contributed by atoms with E-state index in [0.717, 1.165) is 18.4 Å². The van der Waals surface area contributed by atoms with Crippen LogP contribution in [-0.4, -0.2) is 18.5 Å². The van der Waals surface area contributed by atoms with Gasteiger partial charge in [0, 0.05) is 29.7 Å². The van der Waals surface area contributed by atoms with Gasteiger partial charge < -0.3 is 15.4 Å². The van der Waals surface area contributed by atoms with E-state index in [-0.39, 0.29) is 12.0 Å². The maximum Gasteiger partial charge on any atom is 0.319 e. The Hall–Kier alpha value is -2.53. The van der Waals surface area contributed by atoms with Crippen LogP contribution in [0.15, 0.2) is 48.5 Å². The number of hydrogen-bond donors (Lipinski definition) is 2. The summed E-state index contributed by atoms with van der Waals surface area (Å²) in [7, 11) is 0. The first-order valence-corrected chi connectivity index (χ1v) is 9.04. The van der Waals surface area contributed by atoms with Gasteiger partial charge in [-0.25, -0.2) is 4.79 Å². The highest BCUT2D eigenvalue weighted by Crippen LogP contribution is 2.18. The van der Waals surface area contributed by atoms with Gasteiger partial charge in [-0.2, -0.15) is 0 Å². The normalized spacial score (nSPS) is 10.2. The average molecular weight is 375 g/mol. The zero-order valence-electron chi connectivity index (χ0n) is 14.8. The molecule has 0 aliphatic carbocycles. The van der Waals surface area contributed by atoms with E-state index in [4.69, 9.17) is 16.3 Å². The molecule has 138 valence electrons.